The number of nitrogens with zero attached hydrogens (tertiary/aromatic N) is 1. The highest BCUT2D eigenvalue weighted by Gasteiger charge is 2.40. The number of hydrogen-bond donors (Lipinski definition) is 0. The molecule has 6 nitrogen and oxygen atoms in total. The lowest BCUT2D eigenvalue weighted by atomic mass is 9.90. The highest BCUT2D eigenvalue weighted by molar-refractivity contribution is 5.95. The summed E-state index contributed by atoms with van der Waals surface area (Å²) in [4.78, 5) is 26.8. The van der Waals surface area contributed by atoms with Crippen LogP contribution < -0.4 is 0 Å². The second-order valence-corrected chi connectivity index (χ2v) is 7.56. The van der Waals surface area contributed by atoms with E-state index in [0.717, 1.165) is 22.3 Å². The minimum Gasteiger partial charge on any atom is -0.452 e. The molecule has 0 N–H and O–H groups in total. The molecule has 0 bridgehead atoms. The van der Waals surface area contributed by atoms with Crippen LogP contribution in [0.25, 0.3) is 0 Å². The molecule has 6 heteroatoms. The van der Waals surface area contributed by atoms with Crippen molar-refractivity contribution in [1.82, 2.24) is 4.90 Å². The van der Waals surface area contributed by atoms with Gasteiger partial charge in [-0.1, -0.05) is 0 Å². The number of amides is 1. The van der Waals surface area contributed by atoms with Crippen molar-refractivity contribution < 1.29 is 23.8 Å². The standard InChI is InChI=1S/C21H29NO5/c1-13-14(2)16(4)19(17(5)15(13)3)20(24)25-12-18(23)22-8-6-21(7-9-22)26-10-11-27-21/h6-12H2,1-5H3. The van der Waals surface area contributed by atoms with Crippen molar-refractivity contribution in [2.45, 2.75) is 53.2 Å². The summed E-state index contributed by atoms with van der Waals surface area (Å²) in [5.74, 6) is -1.12. The van der Waals surface area contributed by atoms with Crippen LogP contribution in [0.5, 0.6) is 0 Å². The molecule has 1 spiro atoms. The van der Waals surface area contributed by atoms with Gasteiger partial charge in [0.25, 0.3) is 5.91 Å². The van der Waals surface area contributed by atoms with Gasteiger partial charge in [0.2, 0.25) is 0 Å². The number of benzene rings is 1. The predicted molar refractivity (Wildman–Crippen MR) is 101 cm³/mol. The van der Waals surface area contributed by atoms with Crippen molar-refractivity contribution in [1.29, 1.82) is 0 Å². The molecule has 27 heavy (non-hydrogen) atoms. The Morgan fingerprint density at radius 2 is 1.37 bits per heavy atom. The first-order chi connectivity index (χ1) is 12.8. The molecule has 0 aromatic heterocycles. The van der Waals surface area contributed by atoms with Crippen LogP contribution in [-0.2, 0) is 19.0 Å². The molecule has 2 saturated heterocycles. The van der Waals surface area contributed by atoms with Crippen LogP contribution in [0, 0.1) is 34.6 Å². The molecule has 0 radical (unpaired) electrons. The number of esters is 1. The van der Waals surface area contributed by atoms with Crippen molar-refractivity contribution >= 4 is 11.9 Å². The van der Waals surface area contributed by atoms with Crippen LogP contribution >= 0.6 is 0 Å². The van der Waals surface area contributed by atoms with Crippen LogP contribution in [-0.4, -0.2) is 55.5 Å². The lowest BCUT2D eigenvalue weighted by Crippen LogP contribution is -2.48. The molecule has 0 unspecified atom stereocenters. The zero-order valence-corrected chi connectivity index (χ0v) is 16.9. The van der Waals surface area contributed by atoms with Gasteiger partial charge in [-0.05, 0) is 62.4 Å². The molecule has 1 amide bonds. The van der Waals surface area contributed by atoms with Gasteiger partial charge in [-0.2, -0.15) is 0 Å². The summed E-state index contributed by atoms with van der Waals surface area (Å²) < 4.78 is 16.7. The van der Waals surface area contributed by atoms with E-state index in [1.807, 2.05) is 27.7 Å². The van der Waals surface area contributed by atoms with Crippen LogP contribution in [0.4, 0.5) is 0 Å². The van der Waals surface area contributed by atoms with Crippen LogP contribution in [0.15, 0.2) is 0 Å². The third-order valence-electron chi connectivity index (χ3n) is 6.22. The van der Waals surface area contributed by atoms with Gasteiger partial charge in [-0.3, -0.25) is 4.79 Å². The monoisotopic (exact) mass is 375 g/mol. The van der Waals surface area contributed by atoms with Crippen molar-refractivity contribution in [3.63, 3.8) is 0 Å². The molecule has 0 aliphatic carbocycles. The molecule has 3 rings (SSSR count). The van der Waals surface area contributed by atoms with Gasteiger partial charge < -0.3 is 19.1 Å². The van der Waals surface area contributed by atoms with Crippen LogP contribution in [0.1, 0.15) is 51.0 Å². The van der Waals surface area contributed by atoms with E-state index in [9.17, 15) is 9.59 Å². The van der Waals surface area contributed by atoms with E-state index in [0.29, 0.717) is 44.7 Å². The van der Waals surface area contributed by atoms with E-state index < -0.39 is 11.8 Å². The van der Waals surface area contributed by atoms with Gasteiger partial charge in [0, 0.05) is 25.9 Å². The van der Waals surface area contributed by atoms with Crippen LogP contribution in [0.3, 0.4) is 0 Å². The molecule has 2 fully saturated rings. The average Bonchev–Trinajstić information content (AvgIpc) is 3.11. The van der Waals surface area contributed by atoms with Crippen molar-refractivity contribution in [2.24, 2.45) is 0 Å². The normalized spacial score (nSPS) is 18.8. The fourth-order valence-electron chi connectivity index (χ4n) is 3.98. The Morgan fingerprint density at radius 1 is 0.889 bits per heavy atom. The third-order valence-corrected chi connectivity index (χ3v) is 6.22. The van der Waals surface area contributed by atoms with Gasteiger partial charge in [0.1, 0.15) is 0 Å². The first-order valence-corrected chi connectivity index (χ1v) is 9.55. The van der Waals surface area contributed by atoms with Gasteiger partial charge in [-0.25, -0.2) is 4.79 Å². The van der Waals surface area contributed by atoms with Crippen molar-refractivity contribution in [2.75, 3.05) is 32.9 Å². The number of hydrogen-bond acceptors (Lipinski definition) is 5. The highest BCUT2D eigenvalue weighted by atomic mass is 16.7. The Morgan fingerprint density at radius 3 is 1.89 bits per heavy atom. The van der Waals surface area contributed by atoms with Crippen molar-refractivity contribution in [3.05, 3.63) is 33.4 Å². The first-order valence-electron chi connectivity index (χ1n) is 9.55. The molecule has 148 valence electrons. The zero-order valence-electron chi connectivity index (χ0n) is 16.9. The fourth-order valence-corrected chi connectivity index (χ4v) is 3.98. The van der Waals surface area contributed by atoms with E-state index in [1.165, 1.54) is 5.56 Å². The smallest absolute Gasteiger partial charge is 0.339 e. The quantitative estimate of drug-likeness (QED) is 0.760. The molecular formula is C21H29NO5. The topological polar surface area (TPSA) is 65.1 Å². The maximum Gasteiger partial charge on any atom is 0.339 e. The van der Waals surface area contributed by atoms with E-state index in [1.54, 1.807) is 4.90 Å². The van der Waals surface area contributed by atoms with Gasteiger partial charge in [0.05, 0.1) is 18.8 Å². The number of ether oxygens (including phenoxy) is 3. The minimum absolute atomic E-state index is 0.174. The molecule has 0 saturated carbocycles. The summed E-state index contributed by atoms with van der Waals surface area (Å²) in [6.45, 7) is 12.0. The van der Waals surface area contributed by atoms with E-state index >= 15 is 0 Å². The number of likely N-dealkylation sites (tertiary alicyclic amines) is 1. The van der Waals surface area contributed by atoms with E-state index in [4.69, 9.17) is 14.2 Å². The predicted octanol–water partition coefficient (Wildman–Crippen LogP) is 2.75. The number of carbonyl (C=O) groups excluding carboxylic acids is 2. The summed E-state index contributed by atoms with van der Waals surface area (Å²) in [6, 6.07) is 0. The average molecular weight is 375 g/mol. The lowest BCUT2D eigenvalue weighted by molar-refractivity contribution is -0.188. The maximum atomic E-state index is 12.7. The zero-order chi connectivity index (χ0) is 19.8. The lowest BCUT2D eigenvalue weighted by Gasteiger charge is -2.37. The Labute approximate surface area is 160 Å². The summed E-state index contributed by atoms with van der Waals surface area (Å²) in [5.41, 5.74) is 5.79. The maximum absolute atomic E-state index is 12.7. The Balaban J connectivity index is 1.61. The summed E-state index contributed by atoms with van der Waals surface area (Å²) in [7, 11) is 0. The Bertz CT molecular complexity index is 725. The van der Waals surface area contributed by atoms with Crippen LogP contribution in [0.2, 0.25) is 0 Å². The molecule has 2 aliphatic heterocycles. The number of piperidine rings is 1. The number of carbonyl (C=O) groups is 2. The van der Waals surface area contributed by atoms with Gasteiger partial charge in [-0.15, -0.1) is 0 Å². The summed E-state index contributed by atoms with van der Waals surface area (Å²) in [6.07, 6.45) is 1.31. The van der Waals surface area contributed by atoms with E-state index in [-0.39, 0.29) is 12.5 Å². The second-order valence-electron chi connectivity index (χ2n) is 7.56. The largest absolute Gasteiger partial charge is 0.452 e. The SMILES string of the molecule is Cc1c(C)c(C)c(C(=O)OCC(=O)N2CCC3(CC2)OCCO3)c(C)c1C. The second kappa shape index (κ2) is 7.60. The highest BCUT2D eigenvalue weighted by Crippen LogP contribution is 2.31. The molecule has 2 heterocycles. The van der Waals surface area contributed by atoms with E-state index in [2.05, 4.69) is 6.92 Å². The summed E-state index contributed by atoms with van der Waals surface area (Å²) in [5, 5.41) is 0. The van der Waals surface area contributed by atoms with Crippen molar-refractivity contribution in [3.8, 4) is 0 Å². The Kier molecular flexibility index (Phi) is 5.58. The molecule has 1 aromatic carbocycles. The third kappa shape index (κ3) is 3.73. The first kappa shape index (κ1) is 19.8. The molecule has 2 aliphatic rings. The van der Waals surface area contributed by atoms with Gasteiger partial charge >= 0.3 is 5.97 Å². The molecule has 1 aromatic rings. The minimum atomic E-state index is -0.515. The molecular weight excluding hydrogens is 346 g/mol. The van der Waals surface area contributed by atoms with Gasteiger partial charge in [0.15, 0.2) is 12.4 Å². The number of rotatable bonds is 3. The Hall–Kier alpha value is -1.92. The fraction of sp³-hybridized carbons (Fsp3) is 0.619. The summed E-state index contributed by atoms with van der Waals surface area (Å²) >= 11 is 0. The molecule has 0 atom stereocenters.